The Hall–Kier alpha value is -2.01. The van der Waals surface area contributed by atoms with E-state index in [9.17, 15) is 0 Å². The minimum Gasteiger partial charge on any atom is -0.354 e. The molecule has 1 N–H and O–H groups in total. The van der Waals surface area contributed by atoms with E-state index in [1.807, 2.05) is 12.1 Å². The lowest BCUT2D eigenvalue weighted by Crippen LogP contribution is -2.44. The van der Waals surface area contributed by atoms with Gasteiger partial charge in [0, 0.05) is 55.9 Å². The predicted molar refractivity (Wildman–Crippen MR) is 84.4 cm³/mol. The van der Waals surface area contributed by atoms with E-state index in [-0.39, 0.29) is 0 Å². The van der Waals surface area contributed by atoms with Gasteiger partial charge in [0.25, 0.3) is 0 Å². The first-order valence-electron chi connectivity index (χ1n) is 7.49. The number of aromatic nitrogens is 3. The van der Waals surface area contributed by atoms with Crippen LogP contribution in [-0.2, 0) is 0 Å². The van der Waals surface area contributed by atoms with Crippen LogP contribution in [0.3, 0.4) is 0 Å². The summed E-state index contributed by atoms with van der Waals surface area (Å²) in [6, 6.07) is 6.04. The lowest BCUT2D eigenvalue weighted by molar-refractivity contribution is 0.584. The Morgan fingerprint density at radius 1 is 1.10 bits per heavy atom. The Morgan fingerprint density at radius 2 is 1.81 bits per heavy atom. The molecule has 1 fully saturated rings. The number of anilines is 1. The van der Waals surface area contributed by atoms with Gasteiger partial charge in [-0.1, -0.05) is 13.8 Å². The van der Waals surface area contributed by atoms with Crippen LogP contribution in [0.4, 0.5) is 5.82 Å². The molecule has 2 aromatic rings. The number of hydrogen-bond donors (Lipinski definition) is 1. The molecule has 0 saturated carbocycles. The zero-order chi connectivity index (χ0) is 14.7. The molecule has 0 spiro atoms. The van der Waals surface area contributed by atoms with Crippen molar-refractivity contribution in [3.05, 3.63) is 36.3 Å². The van der Waals surface area contributed by atoms with E-state index in [1.54, 1.807) is 12.4 Å². The highest BCUT2D eigenvalue weighted by Crippen LogP contribution is 2.23. The van der Waals surface area contributed by atoms with Crippen LogP contribution in [0.5, 0.6) is 0 Å². The monoisotopic (exact) mass is 283 g/mol. The van der Waals surface area contributed by atoms with Crippen molar-refractivity contribution >= 4 is 5.82 Å². The molecule has 110 valence electrons. The van der Waals surface area contributed by atoms with Gasteiger partial charge in [0.05, 0.1) is 0 Å². The molecule has 2 aromatic heterocycles. The number of rotatable bonds is 3. The van der Waals surface area contributed by atoms with Crippen molar-refractivity contribution in [2.75, 3.05) is 31.1 Å². The second-order valence-electron chi connectivity index (χ2n) is 5.60. The number of nitrogens with one attached hydrogen (secondary N) is 1. The first kappa shape index (κ1) is 13.9. The van der Waals surface area contributed by atoms with Crippen LogP contribution in [-0.4, -0.2) is 41.1 Å². The van der Waals surface area contributed by atoms with Crippen molar-refractivity contribution in [1.82, 2.24) is 20.3 Å². The maximum absolute atomic E-state index is 4.77. The molecule has 0 bridgehead atoms. The van der Waals surface area contributed by atoms with Crippen molar-refractivity contribution < 1.29 is 0 Å². The molecule has 0 radical (unpaired) electrons. The molecule has 1 aliphatic rings. The predicted octanol–water partition coefficient (Wildman–Crippen LogP) is 2.07. The number of pyridine rings is 1. The third kappa shape index (κ3) is 3.19. The van der Waals surface area contributed by atoms with Gasteiger partial charge >= 0.3 is 0 Å². The van der Waals surface area contributed by atoms with Gasteiger partial charge in [0.1, 0.15) is 5.82 Å². The second-order valence-corrected chi connectivity index (χ2v) is 5.60. The zero-order valence-electron chi connectivity index (χ0n) is 12.6. The van der Waals surface area contributed by atoms with E-state index >= 15 is 0 Å². The molecule has 0 aromatic carbocycles. The lowest BCUT2D eigenvalue weighted by Gasteiger charge is -2.29. The molecule has 1 saturated heterocycles. The number of hydrogen-bond acceptors (Lipinski definition) is 5. The van der Waals surface area contributed by atoms with E-state index in [0.717, 1.165) is 49.1 Å². The molecular formula is C16H21N5. The fraction of sp³-hybridized carbons (Fsp3) is 0.438. The van der Waals surface area contributed by atoms with Crippen molar-refractivity contribution in [3.8, 4) is 11.4 Å². The lowest BCUT2D eigenvalue weighted by atomic mass is 10.1. The Bertz CT molecular complexity index is 591. The minimum absolute atomic E-state index is 0.384. The van der Waals surface area contributed by atoms with E-state index in [4.69, 9.17) is 9.97 Å². The second kappa shape index (κ2) is 6.18. The van der Waals surface area contributed by atoms with Crippen molar-refractivity contribution in [1.29, 1.82) is 0 Å². The Morgan fingerprint density at radius 3 is 2.48 bits per heavy atom. The fourth-order valence-electron chi connectivity index (χ4n) is 2.43. The van der Waals surface area contributed by atoms with Gasteiger partial charge in [-0.3, -0.25) is 4.98 Å². The van der Waals surface area contributed by atoms with Crippen LogP contribution in [0.15, 0.2) is 30.6 Å². The van der Waals surface area contributed by atoms with Crippen LogP contribution in [0.1, 0.15) is 25.5 Å². The normalized spacial score (nSPS) is 15.5. The molecule has 5 nitrogen and oxygen atoms in total. The SMILES string of the molecule is CC(C)c1cc(N2CCNCC2)nc(-c2ccncc2)n1. The number of piperazine rings is 1. The summed E-state index contributed by atoms with van der Waals surface area (Å²) in [7, 11) is 0. The van der Waals surface area contributed by atoms with Gasteiger partial charge in [-0.25, -0.2) is 9.97 Å². The first-order valence-corrected chi connectivity index (χ1v) is 7.49. The smallest absolute Gasteiger partial charge is 0.161 e. The summed E-state index contributed by atoms with van der Waals surface area (Å²) in [6.07, 6.45) is 3.57. The third-order valence-electron chi connectivity index (χ3n) is 3.70. The van der Waals surface area contributed by atoms with Gasteiger partial charge in [-0.05, 0) is 18.1 Å². The number of nitrogens with zero attached hydrogens (tertiary/aromatic N) is 4. The molecule has 1 aliphatic heterocycles. The summed E-state index contributed by atoms with van der Waals surface area (Å²) in [5.74, 6) is 2.20. The highest BCUT2D eigenvalue weighted by molar-refractivity contribution is 5.57. The molecule has 0 aliphatic carbocycles. The summed E-state index contributed by atoms with van der Waals surface area (Å²) in [4.78, 5) is 15.9. The highest BCUT2D eigenvalue weighted by atomic mass is 15.2. The van der Waals surface area contributed by atoms with Gasteiger partial charge < -0.3 is 10.2 Å². The van der Waals surface area contributed by atoms with E-state index in [0.29, 0.717) is 5.92 Å². The van der Waals surface area contributed by atoms with Gasteiger partial charge in [0.15, 0.2) is 5.82 Å². The summed E-state index contributed by atoms with van der Waals surface area (Å²) in [5, 5.41) is 3.37. The summed E-state index contributed by atoms with van der Waals surface area (Å²) < 4.78 is 0. The summed E-state index contributed by atoms with van der Waals surface area (Å²) in [6.45, 7) is 8.33. The molecule has 0 unspecified atom stereocenters. The standard InChI is InChI=1S/C16H21N5/c1-12(2)14-11-15(21-9-7-18-8-10-21)20-16(19-14)13-3-5-17-6-4-13/h3-6,11-12,18H,7-10H2,1-2H3. The molecule has 5 heteroatoms. The topological polar surface area (TPSA) is 53.9 Å². The van der Waals surface area contributed by atoms with E-state index in [2.05, 4.69) is 35.1 Å². The van der Waals surface area contributed by atoms with Crippen LogP contribution in [0, 0.1) is 0 Å². The molecular weight excluding hydrogens is 262 g/mol. The first-order chi connectivity index (χ1) is 10.2. The van der Waals surface area contributed by atoms with Gasteiger partial charge in [-0.2, -0.15) is 0 Å². The molecule has 3 heterocycles. The van der Waals surface area contributed by atoms with Crippen LogP contribution in [0.2, 0.25) is 0 Å². The maximum atomic E-state index is 4.77. The van der Waals surface area contributed by atoms with Gasteiger partial charge in [0.2, 0.25) is 0 Å². The fourth-order valence-corrected chi connectivity index (χ4v) is 2.43. The quantitative estimate of drug-likeness (QED) is 0.934. The Kier molecular flexibility index (Phi) is 4.10. The Labute approximate surface area is 125 Å². The van der Waals surface area contributed by atoms with Crippen molar-refractivity contribution in [2.24, 2.45) is 0 Å². The van der Waals surface area contributed by atoms with Crippen LogP contribution < -0.4 is 10.2 Å². The van der Waals surface area contributed by atoms with Crippen molar-refractivity contribution in [2.45, 2.75) is 19.8 Å². The van der Waals surface area contributed by atoms with Crippen molar-refractivity contribution in [3.63, 3.8) is 0 Å². The zero-order valence-corrected chi connectivity index (χ0v) is 12.6. The highest BCUT2D eigenvalue weighted by Gasteiger charge is 2.16. The molecule has 21 heavy (non-hydrogen) atoms. The average Bonchev–Trinajstić information content (AvgIpc) is 2.56. The Balaban J connectivity index is 2.01. The van der Waals surface area contributed by atoms with Crippen LogP contribution >= 0.6 is 0 Å². The third-order valence-corrected chi connectivity index (χ3v) is 3.70. The maximum Gasteiger partial charge on any atom is 0.161 e. The largest absolute Gasteiger partial charge is 0.354 e. The average molecular weight is 283 g/mol. The van der Waals surface area contributed by atoms with Crippen LogP contribution in [0.25, 0.3) is 11.4 Å². The summed E-state index contributed by atoms with van der Waals surface area (Å²) >= 11 is 0. The summed E-state index contributed by atoms with van der Waals surface area (Å²) in [5.41, 5.74) is 2.11. The van der Waals surface area contributed by atoms with Gasteiger partial charge in [-0.15, -0.1) is 0 Å². The van der Waals surface area contributed by atoms with E-state index in [1.165, 1.54) is 0 Å². The van der Waals surface area contributed by atoms with E-state index < -0.39 is 0 Å². The molecule has 0 amide bonds. The molecule has 0 atom stereocenters. The minimum atomic E-state index is 0.384. The molecule has 3 rings (SSSR count).